The topological polar surface area (TPSA) is 75.7 Å². The molecular formula is C18H19ClN2O4S. The summed E-state index contributed by atoms with van der Waals surface area (Å²) in [7, 11) is -3.70. The summed E-state index contributed by atoms with van der Waals surface area (Å²) in [5.74, 6) is -0.455. The Morgan fingerprint density at radius 1 is 1.15 bits per heavy atom. The minimum absolute atomic E-state index is 0.0405. The van der Waals surface area contributed by atoms with Crippen LogP contribution in [0.4, 0.5) is 5.69 Å². The molecule has 2 aromatic rings. The molecule has 8 heteroatoms. The number of nitrogens with one attached hydrogen (secondary N) is 1. The van der Waals surface area contributed by atoms with E-state index >= 15 is 0 Å². The molecule has 1 fully saturated rings. The number of carbonyl (C=O) groups is 1. The summed E-state index contributed by atoms with van der Waals surface area (Å²) in [6.45, 7) is 3.16. The van der Waals surface area contributed by atoms with Crippen molar-refractivity contribution < 1.29 is 17.9 Å². The molecule has 0 unspecified atom stereocenters. The highest BCUT2D eigenvalue weighted by molar-refractivity contribution is 7.89. The van der Waals surface area contributed by atoms with Gasteiger partial charge in [-0.15, -0.1) is 0 Å². The van der Waals surface area contributed by atoms with Gasteiger partial charge in [-0.3, -0.25) is 4.79 Å². The molecule has 1 N–H and O–H groups in total. The fourth-order valence-corrected chi connectivity index (χ4v) is 4.32. The molecule has 2 aromatic carbocycles. The average Bonchev–Trinajstić information content (AvgIpc) is 2.64. The van der Waals surface area contributed by atoms with Crippen molar-refractivity contribution in [1.29, 1.82) is 0 Å². The Morgan fingerprint density at radius 2 is 1.85 bits per heavy atom. The lowest BCUT2D eigenvalue weighted by atomic mass is 10.1. The molecule has 0 saturated carbocycles. The molecule has 0 atom stereocenters. The number of sulfonamides is 1. The molecule has 1 aliphatic rings. The zero-order chi connectivity index (χ0) is 18.7. The van der Waals surface area contributed by atoms with Crippen LogP contribution in [0.1, 0.15) is 15.9 Å². The van der Waals surface area contributed by atoms with Gasteiger partial charge in [0.1, 0.15) is 0 Å². The number of carbonyl (C=O) groups excluding carboxylic acids is 1. The fraction of sp³-hybridized carbons (Fsp3) is 0.278. The Balaban J connectivity index is 1.90. The second-order valence-electron chi connectivity index (χ2n) is 5.93. The number of amides is 1. The summed E-state index contributed by atoms with van der Waals surface area (Å²) in [4.78, 5) is 12.7. The molecule has 1 saturated heterocycles. The Morgan fingerprint density at radius 3 is 2.54 bits per heavy atom. The van der Waals surface area contributed by atoms with Crippen LogP contribution in [-0.4, -0.2) is 44.9 Å². The third-order valence-electron chi connectivity index (χ3n) is 4.18. The van der Waals surface area contributed by atoms with Crippen molar-refractivity contribution in [3.63, 3.8) is 0 Å². The molecule has 0 aromatic heterocycles. The van der Waals surface area contributed by atoms with Crippen LogP contribution in [-0.2, 0) is 14.8 Å². The molecule has 3 rings (SSSR count). The molecule has 0 radical (unpaired) electrons. The second kappa shape index (κ2) is 7.75. The lowest BCUT2D eigenvalue weighted by Crippen LogP contribution is -2.40. The third-order valence-corrected chi connectivity index (χ3v) is 6.41. The summed E-state index contributed by atoms with van der Waals surface area (Å²) in [5, 5.41) is 2.97. The first-order chi connectivity index (χ1) is 12.4. The Labute approximate surface area is 157 Å². The molecule has 6 nitrogen and oxygen atoms in total. The number of anilines is 1. The zero-order valence-corrected chi connectivity index (χ0v) is 15.8. The molecule has 0 spiro atoms. The van der Waals surface area contributed by atoms with Gasteiger partial charge in [0.25, 0.3) is 5.91 Å². The highest BCUT2D eigenvalue weighted by atomic mass is 35.5. The highest BCUT2D eigenvalue weighted by Gasteiger charge is 2.27. The molecule has 1 amide bonds. The van der Waals surface area contributed by atoms with Crippen molar-refractivity contribution in [2.45, 2.75) is 11.8 Å². The maximum absolute atomic E-state index is 12.8. The number of rotatable bonds is 4. The number of aryl methyl sites for hydroxylation is 1. The predicted molar refractivity (Wildman–Crippen MR) is 100 cm³/mol. The van der Waals surface area contributed by atoms with Crippen LogP contribution in [0, 0.1) is 6.92 Å². The minimum atomic E-state index is -3.70. The molecule has 1 aliphatic heterocycles. The molecule has 138 valence electrons. The van der Waals surface area contributed by atoms with Crippen molar-refractivity contribution in [2.75, 3.05) is 31.6 Å². The van der Waals surface area contributed by atoms with E-state index < -0.39 is 15.9 Å². The lowest BCUT2D eigenvalue weighted by molar-refractivity contribution is 0.0730. The van der Waals surface area contributed by atoms with Gasteiger partial charge in [-0.25, -0.2) is 8.42 Å². The van der Waals surface area contributed by atoms with E-state index in [0.717, 1.165) is 5.56 Å². The maximum atomic E-state index is 12.8. The van der Waals surface area contributed by atoms with E-state index in [-0.39, 0.29) is 28.6 Å². The zero-order valence-electron chi connectivity index (χ0n) is 14.2. The van der Waals surface area contributed by atoms with E-state index in [9.17, 15) is 13.2 Å². The van der Waals surface area contributed by atoms with E-state index in [1.807, 2.05) is 25.1 Å². The van der Waals surface area contributed by atoms with Crippen LogP contribution in [0.5, 0.6) is 0 Å². The minimum Gasteiger partial charge on any atom is -0.379 e. The van der Waals surface area contributed by atoms with E-state index in [2.05, 4.69) is 5.32 Å². The number of halogens is 1. The van der Waals surface area contributed by atoms with Crippen LogP contribution < -0.4 is 5.32 Å². The van der Waals surface area contributed by atoms with Gasteiger partial charge in [0.2, 0.25) is 10.0 Å². The van der Waals surface area contributed by atoms with E-state index in [1.54, 1.807) is 6.07 Å². The van der Waals surface area contributed by atoms with Gasteiger partial charge in [0.15, 0.2) is 0 Å². The lowest BCUT2D eigenvalue weighted by Gasteiger charge is -2.26. The Hall–Kier alpha value is -1.93. The number of benzene rings is 2. The molecule has 26 heavy (non-hydrogen) atoms. The van der Waals surface area contributed by atoms with E-state index in [1.165, 1.54) is 22.5 Å². The van der Waals surface area contributed by atoms with Gasteiger partial charge >= 0.3 is 0 Å². The summed E-state index contributed by atoms with van der Waals surface area (Å²) in [6.07, 6.45) is 0. The van der Waals surface area contributed by atoms with Crippen LogP contribution in [0.25, 0.3) is 0 Å². The van der Waals surface area contributed by atoms with Crippen LogP contribution in [0.2, 0.25) is 5.02 Å². The van der Waals surface area contributed by atoms with Crippen molar-refractivity contribution in [3.8, 4) is 0 Å². The first kappa shape index (κ1) is 18.8. The first-order valence-electron chi connectivity index (χ1n) is 8.14. The van der Waals surface area contributed by atoms with Crippen molar-refractivity contribution in [1.82, 2.24) is 4.31 Å². The van der Waals surface area contributed by atoms with Crippen molar-refractivity contribution in [2.24, 2.45) is 0 Å². The van der Waals surface area contributed by atoms with Gasteiger partial charge in [0.05, 0.1) is 28.7 Å². The third kappa shape index (κ3) is 3.91. The van der Waals surface area contributed by atoms with E-state index in [4.69, 9.17) is 16.3 Å². The maximum Gasteiger partial charge on any atom is 0.257 e. The monoisotopic (exact) mass is 394 g/mol. The van der Waals surface area contributed by atoms with E-state index in [0.29, 0.717) is 18.9 Å². The molecular weight excluding hydrogens is 376 g/mol. The normalized spacial score (nSPS) is 15.6. The fourth-order valence-electron chi connectivity index (χ4n) is 2.68. The molecule has 0 aliphatic carbocycles. The van der Waals surface area contributed by atoms with Gasteiger partial charge in [-0.2, -0.15) is 4.31 Å². The van der Waals surface area contributed by atoms with Gasteiger partial charge < -0.3 is 10.1 Å². The van der Waals surface area contributed by atoms with Crippen LogP contribution in [0.15, 0.2) is 47.4 Å². The second-order valence-corrected chi connectivity index (χ2v) is 8.27. The van der Waals surface area contributed by atoms with Gasteiger partial charge in [-0.05, 0) is 36.8 Å². The Kier molecular flexibility index (Phi) is 5.62. The van der Waals surface area contributed by atoms with Crippen molar-refractivity contribution in [3.05, 3.63) is 58.6 Å². The number of hydrogen-bond acceptors (Lipinski definition) is 4. The summed E-state index contributed by atoms with van der Waals surface area (Å²) in [5.41, 5.74) is 1.66. The summed E-state index contributed by atoms with van der Waals surface area (Å²) in [6, 6.07) is 11.5. The SMILES string of the molecule is Cc1ccccc1NC(=O)c1cc(S(=O)(=O)N2CCOCC2)ccc1Cl. The average molecular weight is 395 g/mol. The van der Waals surface area contributed by atoms with Gasteiger partial charge in [-0.1, -0.05) is 29.8 Å². The van der Waals surface area contributed by atoms with Gasteiger partial charge in [0, 0.05) is 18.8 Å². The summed E-state index contributed by atoms with van der Waals surface area (Å²) >= 11 is 6.14. The number of nitrogens with zero attached hydrogens (tertiary/aromatic N) is 1. The smallest absolute Gasteiger partial charge is 0.257 e. The Bertz CT molecular complexity index is 925. The van der Waals surface area contributed by atoms with Crippen LogP contribution in [0.3, 0.4) is 0 Å². The first-order valence-corrected chi connectivity index (χ1v) is 9.96. The molecule has 0 bridgehead atoms. The number of ether oxygens (including phenoxy) is 1. The van der Waals surface area contributed by atoms with Crippen LogP contribution >= 0.6 is 11.6 Å². The molecule has 1 heterocycles. The van der Waals surface area contributed by atoms with Crippen molar-refractivity contribution >= 4 is 33.2 Å². The standard InChI is InChI=1S/C18H19ClN2O4S/c1-13-4-2-3-5-17(13)20-18(22)15-12-14(6-7-16(15)19)26(23,24)21-8-10-25-11-9-21/h2-7,12H,8-11H2,1H3,(H,20,22). The highest BCUT2D eigenvalue weighted by Crippen LogP contribution is 2.25. The quantitative estimate of drug-likeness (QED) is 0.865. The number of para-hydroxylation sites is 1. The predicted octanol–water partition coefficient (Wildman–Crippen LogP) is 2.92. The summed E-state index contributed by atoms with van der Waals surface area (Å²) < 4.78 is 32.1. The largest absolute Gasteiger partial charge is 0.379 e. The number of morpholine rings is 1. The number of hydrogen-bond donors (Lipinski definition) is 1.